The van der Waals surface area contributed by atoms with Gasteiger partial charge in [0.05, 0.1) is 17.9 Å². The summed E-state index contributed by atoms with van der Waals surface area (Å²) in [5.74, 6) is 0.808. The maximum atomic E-state index is 12.8. The van der Waals surface area contributed by atoms with Crippen molar-refractivity contribution < 1.29 is 4.79 Å². The molecular weight excluding hydrogens is 390 g/mol. The summed E-state index contributed by atoms with van der Waals surface area (Å²) < 4.78 is 3.33. The smallest absolute Gasteiger partial charge is 0.296 e. The number of amides is 1. The molecule has 0 aliphatic heterocycles. The zero-order chi connectivity index (χ0) is 20.4. The van der Waals surface area contributed by atoms with Crippen molar-refractivity contribution in [3.8, 4) is 5.69 Å². The van der Waals surface area contributed by atoms with Gasteiger partial charge in [0.15, 0.2) is 0 Å². The SMILES string of the molecule is Cc1nc(C(=O)Nc2ccnn2[C@H](C)c2ccncc2)nn1-c1ccc(Cl)cc1. The van der Waals surface area contributed by atoms with Gasteiger partial charge < -0.3 is 5.32 Å². The highest BCUT2D eigenvalue weighted by atomic mass is 35.5. The molecule has 9 heteroatoms. The Morgan fingerprint density at radius 2 is 1.79 bits per heavy atom. The molecule has 1 atom stereocenters. The predicted molar refractivity (Wildman–Crippen MR) is 109 cm³/mol. The number of nitrogens with one attached hydrogen (secondary N) is 1. The first kappa shape index (κ1) is 18.8. The van der Waals surface area contributed by atoms with Crippen molar-refractivity contribution in [2.75, 3.05) is 5.32 Å². The number of nitrogens with zero attached hydrogens (tertiary/aromatic N) is 6. The van der Waals surface area contributed by atoms with E-state index in [4.69, 9.17) is 11.6 Å². The second-order valence-electron chi connectivity index (χ2n) is 6.44. The molecule has 8 nitrogen and oxygen atoms in total. The Balaban J connectivity index is 1.56. The fourth-order valence-corrected chi connectivity index (χ4v) is 3.12. The van der Waals surface area contributed by atoms with E-state index >= 15 is 0 Å². The number of aryl methyl sites for hydroxylation is 1. The summed E-state index contributed by atoms with van der Waals surface area (Å²) in [6.07, 6.45) is 5.09. The van der Waals surface area contributed by atoms with Crippen LogP contribution in [0, 0.1) is 6.92 Å². The molecule has 146 valence electrons. The number of halogens is 1. The number of aromatic nitrogens is 6. The minimum Gasteiger partial charge on any atom is -0.304 e. The van der Waals surface area contributed by atoms with Crippen molar-refractivity contribution in [2.45, 2.75) is 19.9 Å². The molecule has 0 fully saturated rings. The van der Waals surface area contributed by atoms with Crippen LogP contribution in [0.5, 0.6) is 0 Å². The summed E-state index contributed by atoms with van der Waals surface area (Å²) in [7, 11) is 0. The fraction of sp³-hybridized carbons (Fsp3) is 0.150. The highest BCUT2D eigenvalue weighted by Crippen LogP contribution is 2.21. The molecule has 29 heavy (non-hydrogen) atoms. The van der Waals surface area contributed by atoms with E-state index < -0.39 is 5.91 Å². The molecule has 4 aromatic rings. The molecule has 3 heterocycles. The predicted octanol–water partition coefficient (Wildman–Crippen LogP) is 3.68. The van der Waals surface area contributed by atoms with Crippen molar-refractivity contribution in [2.24, 2.45) is 0 Å². The first-order valence-corrected chi connectivity index (χ1v) is 9.35. The van der Waals surface area contributed by atoms with Crippen LogP contribution in [0.3, 0.4) is 0 Å². The highest BCUT2D eigenvalue weighted by Gasteiger charge is 2.19. The van der Waals surface area contributed by atoms with E-state index in [2.05, 4.69) is 25.5 Å². The second kappa shape index (κ2) is 7.84. The summed E-state index contributed by atoms with van der Waals surface area (Å²) in [6.45, 7) is 3.78. The minimum absolute atomic E-state index is 0.0711. The molecule has 4 rings (SSSR count). The highest BCUT2D eigenvalue weighted by molar-refractivity contribution is 6.30. The Morgan fingerprint density at radius 3 is 2.52 bits per heavy atom. The molecule has 0 aliphatic rings. The van der Waals surface area contributed by atoms with Gasteiger partial charge in [0.1, 0.15) is 11.6 Å². The van der Waals surface area contributed by atoms with Gasteiger partial charge >= 0.3 is 0 Å². The molecule has 0 saturated heterocycles. The molecule has 1 amide bonds. The molecule has 3 aromatic heterocycles. The minimum atomic E-state index is -0.413. The molecule has 1 aromatic carbocycles. The van der Waals surface area contributed by atoms with Crippen molar-refractivity contribution in [3.63, 3.8) is 0 Å². The molecule has 0 unspecified atom stereocenters. The van der Waals surface area contributed by atoms with Crippen LogP contribution in [0.4, 0.5) is 5.82 Å². The van der Waals surface area contributed by atoms with Crippen molar-refractivity contribution in [1.29, 1.82) is 0 Å². The quantitative estimate of drug-likeness (QED) is 0.545. The maximum Gasteiger partial charge on any atom is 0.296 e. The molecule has 0 radical (unpaired) electrons. The first-order valence-electron chi connectivity index (χ1n) is 8.97. The van der Waals surface area contributed by atoms with Crippen LogP contribution < -0.4 is 5.32 Å². The Kier molecular flexibility index (Phi) is 5.09. The van der Waals surface area contributed by atoms with Gasteiger partial charge in [-0.3, -0.25) is 9.78 Å². The van der Waals surface area contributed by atoms with E-state index in [0.29, 0.717) is 16.7 Å². The van der Waals surface area contributed by atoms with Crippen LogP contribution >= 0.6 is 11.6 Å². The summed E-state index contributed by atoms with van der Waals surface area (Å²) in [6, 6.07) is 12.6. The largest absolute Gasteiger partial charge is 0.304 e. The lowest BCUT2D eigenvalue weighted by Gasteiger charge is -2.15. The van der Waals surface area contributed by atoms with Gasteiger partial charge in [-0.1, -0.05) is 11.6 Å². The van der Waals surface area contributed by atoms with E-state index in [1.165, 1.54) is 0 Å². The number of anilines is 1. The van der Waals surface area contributed by atoms with Crippen LogP contribution in [0.2, 0.25) is 5.02 Å². The van der Waals surface area contributed by atoms with E-state index in [-0.39, 0.29) is 11.9 Å². The zero-order valence-electron chi connectivity index (χ0n) is 15.8. The van der Waals surface area contributed by atoms with Gasteiger partial charge in [0.25, 0.3) is 5.91 Å². The average molecular weight is 408 g/mol. The van der Waals surface area contributed by atoms with Gasteiger partial charge in [0.2, 0.25) is 5.82 Å². The number of benzene rings is 1. The number of carbonyl (C=O) groups excluding carboxylic acids is 1. The number of rotatable bonds is 5. The van der Waals surface area contributed by atoms with Crippen LogP contribution in [-0.4, -0.2) is 35.4 Å². The average Bonchev–Trinajstić information content (AvgIpc) is 3.35. The van der Waals surface area contributed by atoms with E-state index in [1.54, 1.807) is 53.1 Å². The van der Waals surface area contributed by atoms with Crippen molar-refractivity contribution >= 4 is 23.3 Å². The van der Waals surface area contributed by atoms with E-state index in [1.807, 2.05) is 31.2 Å². The number of carbonyl (C=O) groups is 1. The summed E-state index contributed by atoms with van der Waals surface area (Å²) >= 11 is 5.94. The van der Waals surface area contributed by atoms with Gasteiger partial charge in [-0.15, -0.1) is 5.10 Å². The lowest BCUT2D eigenvalue weighted by atomic mass is 10.1. The number of hydrogen-bond donors (Lipinski definition) is 1. The van der Waals surface area contributed by atoms with Gasteiger partial charge in [-0.25, -0.2) is 14.3 Å². The molecular formula is C20H18ClN7O. The normalized spacial score (nSPS) is 12.0. The topological polar surface area (TPSA) is 90.5 Å². The Bertz CT molecular complexity index is 1140. The third-order valence-electron chi connectivity index (χ3n) is 4.51. The Labute approximate surface area is 172 Å². The monoisotopic (exact) mass is 407 g/mol. The fourth-order valence-electron chi connectivity index (χ4n) is 2.99. The third kappa shape index (κ3) is 3.88. The zero-order valence-corrected chi connectivity index (χ0v) is 16.6. The van der Waals surface area contributed by atoms with Crippen LogP contribution in [0.25, 0.3) is 5.69 Å². The lowest BCUT2D eigenvalue weighted by molar-refractivity contribution is 0.101. The standard InChI is InChI=1S/C20H18ClN7O/c1-13(15-7-10-22-11-8-15)27-18(9-12-23-27)25-20(29)19-24-14(2)28(26-19)17-5-3-16(21)4-6-17/h3-13H,1-2H3,(H,25,29)/t13-/m1/s1. The van der Waals surface area contributed by atoms with Crippen LogP contribution in [-0.2, 0) is 0 Å². The number of hydrogen-bond acceptors (Lipinski definition) is 5. The van der Waals surface area contributed by atoms with Crippen LogP contribution in [0.1, 0.15) is 35.0 Å². The summed E-state index contributed by atoms with van der Waals surface area (Å²) in [5, 5.41) is 12.1. The van der Waals surface area contributed by atoms with Gasteiger partial charge in [0, 0.05) is 23.5 Å². The lowest BCUT2D eigenvalue weighted by Crippen LogP contribution is -2.19. The summed E-state index contributed by atoms with van der Waals surface area (Å²) in [5.41, 5.74) is 1.80. The van der Waals surface area contributed by atoms with Crippen molar-refractivity contribution in [1.82, 2.24) is 29.5 Å². The molecule has 0 spiro atoms. The Morgan fingerprint density at radius 1 is 1.07 bits per heavy atom. The molecule has 0 bridgehead atoms. The molecule has 0 saturated carbocycles. The number of pyridine rings is 1. The second-order valence-corrected chi connectivity index (χ2v) is 6.88. The molecule has 1 N–H and O–H groups in total. The third-order valence-corrected chi connectivity index (χ3v) is 4.76. The van der Waals surface area contributed by atoms with Crippen LogP contribution in [0.15, 0.2) is 61.1 Å². The molecule has 0 aliphatic carbocycles. The van der Waals surface area contributed by atoms with E-state index in [0.717, 1.165) is 11.3 Å². The van der Waals surface area contributed by atoms with Gasteiger partial charge in [-0.05, 0) is 55.8 Å². The van der Waals surface area contributed by atoms with Gasteiger partial charge in [-0.2, -0.15) is 5.10 Å². The van der Waals surface area contributed by atoms with Crippen molar-refractivity contribution in [3.05, 3.63) is 83.3 Å². The summed E-state index contributed by atoms with van der Waals surface area (Å²) in [4.78, 5) is 21.1. The maximum absolute atomic E-state index is 12.8. The van der Waals surface area contributed by atoms with E-state index in [9.17, 15) is 4.79 Å². The Hall–Kier alpha value is -3.52. The first-order chi connectivity index (χ1) is 14.0.